The first-order valence-corrected chi connectivity index (χ1v) is 9.84. The average Bonchev–Trinajstić information content (AvgIpc) is 2.81. The summed E-state index contributed by atoms with van der Waals surface area (Å²) in [5, 5.41) is 14.5. The minimum absolute atomic E-state index is 0.0174. The van der Waals surface area contributed by atoms with Crippen LogP contribution in [0.2, 0.25) is 0 Å². The summed E-state index contributed by atoms with van der Waals surface area (Å²) in [5.74, 6) is -0.227. The maximum Gasteiger partial charge on any atom is 0.269 e. The molecule has 4 rings (SSSR count). The van der Waals surface area contributed by atoms with Crippen LogP contribution >= 0.6 is 0 Å². The lowest BCUT2D eigenvalue weighted by Gasteiger charge is -2.36. The van der Waals surface area contributed by atoms with Gasteiger partial charge in [-0.25, -0.2) is 0 Å². The Labute approximate surface area is 174 Å². The molecule has 2 aliphatic rings. The SMILES string of the molecule is CC(=O)N1c2ccccc2NC2=C(C(=O)CC(C)(C)C2)C1c1ccc([N+](=O)[O-])cc1. The molecule has 0 saturated heterocycles. The van der Waals surface area contributed by atoms with Crippen LogP contribution in [-0.4, -0.2) is 16.6 Å². The third-order valence-electron chi connectivity index (χ3n) is 5.66. The van der Waals surface area contributed by atoms with E-state index in [2.05, 4.69) is 19.2 Å². The van der Waals surface area contributed by atoms with Crippen LogP contribution in [0.3, 0.4) is 0 Å². The van der Waals surface area contributed by atoms with Gasteiger partial charge in [0, 0.05) is 36.7 Å². The number of benzene rings is 2. The topological polar surface area (TPSA) is 92.6 Å². The molecule has 0 aromatic heterocycles. The average molecular weight is 405 g/mol. The van der Waals surface area contributed by atoms with E-state index in [1.165, 1.54) is 19.1 Å². The number of ketones is 1. The molecule has 1 N–H and O–H groups in total. The zero-order valence-corrected chi connectivity index (χ0v) is 17.1. The number of para-hydroxylation sites is 2. The molecule has 1 heterocycles. The van der Waals surface area contributed by atoms with Gasteiger partial charge in [-0.05, 0) is 41.7 Å². The van der Waals surface area contributed by atoms with E-state index in [-0.39, 0.29) is 22.8 Å². The lowest BCUT2D eigenvalue weighted by molar-refractivity contribution is -0.384. The highest BCUT2D eigenvalue weighted by atomic mass is 16.6. The molecule has 0 fully saturated rings. The van der Waals surface area contributed by atoms with Gasteiger partial charge in [0.05, 0.1) is 22.3 Å². The number of hydrogen-bond donors (Lipinski definition) is 1. The number of rotatable bonds is 2. The second kappa shape index (κ2) is 7.09. The normalized spacial score (nSPS) is 20.0. The van der Waals surface area contributed by atoms with E-state index in [1.54, 1.807) is 17.0 Å². The fourth-order valence-corrected chi connectivity index (χ4v) is 4.43. The molecule has 0 spiro atoms. The molecule has 1 amide bonds. The third-order valence-corrected chi connectivity index (χ3v) is 5.66. The number of amides is 1. The number of Topliss-reactive ketones (excluding diaryl/α,β-unsaturated/α-hetero) is 1. The van der Waals surface area contributed by atoms with Crippen molar-refractivity contribution in [2.45, 2.75) is 39.7 Å². The van der Waals surface area contributed by atoms with Gasteiger partial charge in [-0.3, -0.25) is 24.6 Å². The number of fused-ring (bicyclic) bond motifs is 1. The van der Waals surface area contributed by atoms with E-state index in [1.807, 2.05) is 24.3 Å². The molecular formula is C23H23N3O4. The number of carbonyl (C=O) groups excluding carboxylic acids is 2. The van der Waals surface area contributed by atoms with E-state index < -0.39 is 11.0 Å². The van der Waals surface area contributed by atoms with Crippen LogP contribution in [0.4, 0.5) is 17.1 Å². The molecule has 154 valence electrons. The van der Waals surface area contributed by atoms with E-state index in [0.717, 1.165) is 11.4 Å². The van der Waals surface area contributed by atoms with E-state index in [4.69, 9.17) is 0 Å². The Balaban J connectivity index is 1.97. The van der Waals surface area contributed by atoms with Crippen molar-refractivity contribution < 1.29 is 14.5 Å². The molecule has 2 aromatic rings. The molecule has 1 aliphatic carbocycles. The summed E-state index contributed by atoms with van der Waals surface area (Å²) in [6.45, 7) is 5.57. The molecule has 0 bridgehead atoms. The summed E-state index contributed by atoms with van der Waals surface area (Å²) >= 11 is 0. The monoisotopic (exact) mass is 405 g/mol. The van der Waals surface area contributed by atoms with Crippen molar-refractivity contribution in [3.63, 3.8) is 0 Å². The number of nitro groups is 1. The largest absolute Gasteiger partial charge is 0.357 e. The fourth-order valence-electron chi connectivity index (χ4n) is 4.43. The van der Waals surface area contributed by atoms with Crippen molar-refractivity contribution >= 4 is 28.8 Å². The molecule has 1 atom stereocenters. The standard InChI is InChI=1S/C23H23N3O4/c1-14(27)25-19-7-5-4-6-17(19)24-18-12-23(2,3)13-20(28)21(18)22(25)15-8-10-16(11-9-15)26(29)30/h4-11,22,24H,12-13H2,1-3H3. The number of nitrogens with one attached hydrogen (secondary N) is 1. The summed E-state index contributed by atoms with van der Waals surface area (Å²) in [6, 6.07) is 12.9. The second-order valence-corrected chi connectivity index (χ2v) is 8.62. The number of anilines is 2. The number of allylic oxidation sites excluding steroid dienone is 1. The van der Waals surface area contributed by atoms with Gasteiger partial charge in [-0.2, -0.15) is 0 Å². The number of non-ortho nitro benzene ring substituents is 1. The number of hydrogen-bond acceptors (Lipinski definition) is 5. The van der Waals surface area contributed by atoms with E-state index >= 15 is 0 Å². The molecular weight excluding hydrogens is 382 g/mol. The molecule has 1 aliphatic heterocycles. The predicted molar refractivity (Wildman–Crippen MR) is 114 cm³/mol. The van der Waals surface area contributed by atoms with Gasteiger partial charge < -0.3 is 5.32 Å². The summed E-state index contributed by atoms with van der Waals surface area (Å²) in [7, 11) is 0. The molecule has 0 saturated carbocycles. The van der Waals surface area contributed by atoms with Crippen LogP contribution in [0.15, 0.2) is 59.8 Å². The van der Waals surface area contributed by atoms with Crippen LogP contribution < -0.4 is 10.2 Å². The van der Waals surface area contributed by atoms with Crippen molar-refractivity contribution in [1.82, 2.24) is 0 Å². The Morgan fingerprint density at radius 1 is 1.13 bits per heavy atom. The smallest absolute Gasteiger partial charge is 0.269 e. The van der Waals surface area contributed by atoms with Gasteiger partial charge in [0.2, 0.25) is 5.91 Å². The van der Waals surface area contributed by atoms with Crippen LogP contribution in [-0.2, 0) is 9.59 Å². The lowest BCUT2D eigenvalue weighted by atomic mass is 9.73. The number of nitrogens with zero attached hydrogens (tertiary/aromatic N) is 2. The first kappa shape index (κ1) is 19.8. The summed E-state index contributed by atoms with van der Waals surface area (Å²) in [6.07, 6.45) is 1.04. The lowest BCUT2D eigenvalue weighted by Crippen LogP contribution is -2.38. The summed E-state index contributed by atoms with van der Waals surface area (Å²) in [4.78, 5) is 38.4. The Hall–Kier alpha value is -3.48. The molecule has 7 nitrogen and oxygen atoms in total. The van der Waals surface area contributed by atoms with Crippen LogP contribution in [0.25, 0.3) is 0 Å². The molecule has 1 unspecified atom stereocenters. The summed E-state index contributed by atoms with van der Waals surface area (Å²) < 4.78 is 0. The van der Waals surface area contributed by atoms with Crippen molar-refractivity contribution in [3.05, 3.63) is 75.5 Å². The zero-order valence-electron chi connectivity index (χ0n) is 17.1. The molecule has 2 aromatic carbocycles. The molecule has 30 heavy (non-hydrogen) atoms. The Morgan fingerprint density at radius 2 is 1.80 bits per heavy atom. The van der Waals surface area contributed by atoms with E-state index in [0.29, 0.717) is 29.7 Å². The molecule has 7 heteroatoms. The Bertz CT molecular complexity index is 1090. The fraction of sp³-hybridized carbons (Fsp3) is 0.304. The maximum atomic E-state index is 13.3. The van der Waals surface area contributed by atoms with Crippen molar-refractivity contribution in [1.29, 1.82) is 0 Å². The van der Waals surface area contributed by atoms with Crippen LogP contribution in [0.5, 0.6) is 0 Å². The van der Waals surface area contributed by atoms with Crippen molar-refractivity contribution in [2.75, 3.05) is 10.2 Å². The highest BCUT2D eigenvalue weighted by Gasteiger charge is 2.42. The zero-order chi connectivity index (χ0) is 21.6. The number of nitro benzene ring substituents is 1. The van der Waals surface area contributed by atoms with Gasteiger partial charge >= 0.3 is 0 Å². The van der Waals surface area contributed by atoms with Gasteiger partial charge in [0.1, 0.15) is 0 Å². The first-order chi connectivity index (χ1) is 14.2. The highest BCUT2D eigenvalue weighted by Crippen LogP contribution is 2.48. The van der Waals surface area contributed by atoms with Gasteiger partial charge in [-0.15, -0.1) is 0 Å². The van der Waals surface area contributed by atoms with E-state index in [9.17, 15) is 19.7 Å². The van der Waals surface area contributed by atoms with Gasteiger partial charge in [0.15, 0.2) is 5.78 Å². The predicted octanol–water partition coefficient (Wildman–Crippen LogP) is 4.76. The minimum Gasteiger partial charge on any atom is -0.357 e. The highest BCUT2D eigenvalue weighted by molar-refractivity contribution is 6.05. The van der Waals surface area contributed by atoms with Gasteiger partial charge in [0.25, 0.3) is 5.69 Å². The van der Waals surface area contributed by atoms with Crippen molar-refractivity contribution in [2.24, 2.45) is 5.41 Å². The van der Waals surface area contributed by atoms with Crippen LogP contribution in [0.1, 0.15) is 45.2 Å². The summed E-state index contributed by atoms with van der Waals surface area (Å²) in [5.41, 5.74) is 3.21. The van der Waals surface area contributed by atoms with Crippen molar-refractivity contribution in [3.8, 4) is 0 Å². The second-order valence-electron chi connectivity index (χ2n) is 8.62. The quantitative estimate of drug-likeness (QED) is 0.574. The maximum absolute atomic E-state index is 13.3. The Kier molecular flexibility index (Phi) is 4.68. The van der Waals surface area contributed by atoms with Gasteiger partial charge in [-0.1, -0.05) is 26.0 Å². The Morgan fingerprint density at radius 3 is 2.43 bits per heavy atom. The van der Waals surface area contributed by atoms with Crippen LogP contribution in [0, 0.1) is 15.5 Å². The molecule has 0 radical (unpaired) electrons. The first-order valence-electron chi connectivity index (χ1n) is 9.84. The minimum atomic E-state index is -0.655. The number of carbonyl (C=O) groups is 2. The third kappa shape index (κ3) is 3.36.